The molecule has 1 aliphatic rings. The van der Waals surface area contributed by atoms with Crippen LogP contribution in [0.15, 0.2) is 18.3 Å². The maximum absolute atomic E-state index is 12.1. The number of rotatable bonds is 4. The van der Waals surface area contributed by atoms with E-state index in [1.807, 2.05) is 0 Å². The number of nitrogens with zero attached hydrogens (tertiary/aromatic N) is 1. The van der Waals surface area contributed by atoms with Gasteiger partial charge in [-0.05, 0) is 25.0 Å². The summed E-state index contributed by atoms with van der Waals surface area (Å²) in [6.45, 7) is 0. The van der Waals surface area contributed by atoms with Crippen molar-refractivity contribution in [1.29, 1.82) is 0 Å². The molecule has 102 valence electrons. The molecule has 0 saturated heterocycles. The van der Waals surface area contributed by atoms with Crippen LogP contribution in [0.5, 0.6) is 0 Å². The molecule has 1 aromatic rings. The third-order valence-corrected chi connectivity index (χ3v) is 3.40. The van der Waals surface area contributed by atoms with Crippen LogP contribution in [0.3, 0.4) is 0 Å². The number of amides is 2. The van der Waals surface area contributed by atoms with Gasteiger partial charge in [0.05, 0.1) is 11.8 Å². The number of primary amides is 1. The van der Waals surface area contributed by atoms with Gasteiger partial charge in [-0.1, -0.05) is 6.42 Å². The Hall–Kier alpha value is -2.31. The molecular formula is C12H15N3O4. The number of nitrogens with one attached hydrogen (secondary N) is 1. The average molecular weight is 265 g/mol. The summed E-state index contributed by atoms with van der Waals surface area (Å²) in [4.78, 5) is 34.2. The third-order valence-electron chi connectivity index (χ3n) is 3.40. The average Bonchev–Trinajstić information content (AvgIpc) is 2.96. The largest absolute Gasteiger partial charge is 0.481 e. The van der Waals surface area contributed by atoms with E-state index in [0.717, 1.165) is 0 Å². The Morgan fingerprint density at radius 2 is 2.00 bits per heavy atom. The normalized spacial score (nSPS) is 22.1. The van der Waals surface area contributed by atoms with E-state index in [2.05, 4.69) is 5.43 Å². The second kappa shape index (κ2) is 5.13. The molecule has 4 N–H and O–H groups in total. The molecule has 2 atom stereocenters. The zero-order valence-electron chi connectivity index (χ0n) is 10.2. The Morgan fingerprint density at radius 1 is 1.32 bits per heavy atom. The lowest BCUT2D eigenvalue weighted by atomic mass is 9.96. The molecule has 7 heteroatoms. The molecule has 1 heterocycles. The molecule has 2 rings (SSSR count). The van der Waals surface area contributed by atoms with Gasteiger partial charge >= 0.3 is 5.97 Å². The summed E-state index contributed by atoms with van der Waals surface area (Å²) in [6.07, 6.45) is 3.24. The van der Waals surface area contributed by atoms with Crippen LogP contribution < -0.4 is 11.2 Å². The van der Waals surface area contributed by atoms with E-state index in [1.54, 1.807) is 6.07 Å². The smallest absolute Gasteiger partial charge is 0.307 e. The van der Waals surface area contributed by atoms with E-state index < -0.39 is 29.6 Å². The summed E-state index contributed by atoms with van der Waals surface area (Å²) in [5.41, 5.74) is 7.82. The first-order valence-corrected chi connectivity index (χ1v) is 6.01. The van der Waals surface area contributed by atoms with Gasteiger partial charge in [-0.2, -0.15) is 0 Å². The van der Waals surface area contributed by atoms with E-state index >= 15 is 0 Å². The maximum atomic E-state index is 12.1. The first kappa shape index (κ1) is 13.1. The van der Waals surface area contributed by atoms with Crippen molar-refractivity contribution >= 4 is 17.8 Å². The number of hydrogen-bond acceptors (Lipinski definition) is 3. The van der Waals surface area contributed by atoms with Crippen LogP contribution >= 0.6 is 0 Å². The number of hydrogen-bond donors (Lipinski definition) is 3. The van der Waals surface area contributed by atoms with Gasteiger partial charge in [0.15, 0.2) is 0 Å². The van der Waals surface area contributed by atoms with E-state index in [-0.39, 0.29) is 5.69 Å². The molecule has 1 aromatic heterocycles. The Bertz CT molecular complexity index is 523. The molecule has 0 spiro atoms. The van der Waals surface area contributed by atoms with Crippen LogP contribution in [0.1, 0.15) is 29.8 Å². The second-order valence-corrected chi connectivity index (χ2v) is 4.59. The fourth-order valence-corrected chi connectivity index (χ4v) is 2.45. The zero-order chi connectivity index (χ0) is 14.0. The van der Waals surface area contributed by atoms with E-state index in [9.17, 15) is 14.4 Å². The minimum absolute atomic E-state index is 0.151. The number of nitrogens with two attached hydrogens (primary N) is 1. The van der Waals surface area contributed by atoms with Gasteiger partial charge in [0.25, 0.3) is 5.91 Å². The number of carboxylic acids is 1. The van der Waals surface area contributed by atoms with Crippen LogP contribution in [-0.2, 0) is 9.59 Å². The highest BCUT2D eigenvalue weighted by Gasteiger charge is 2.38. The molecule has 1 fully saturated rings. The standard InChI is InChI=1S/C12H15N3O4/c13-10(16)9-5-2-6-15(9)14-11(17)7-3-1-4-8(7)12(18)19/h2,5-8H,1,3-4H2,(H2,13,16)(H,14,17)(H,18,19)/t7-,8-/m1/s1. The molecule has 0 aromatic carbocycles. The zero-order valence-corrected chi connectivity index (χ0v) is 10.2. The second-order valence-electron chi connectivity index (χ2n) is 4.59. The Balaban J connectivity index is 2.11. The predicted octanol–water partition coefficient (Wildman–Crippen LogP) is 0.158. The number of aromatic nitrogens is 1. The molecule has 19 heavy (non-hydrogen) atoms. The molecular weight excluding hydrogens is 250 g/mol. The van der Waals surface area contributed by atoms with E-state index in [4.69, 9.17) is 10.8 Å². The first-order valence-electron chi connectivity index (χ1n) is 6.01. The van der Waals surface area contributed by atoms with Crippen molar-refractivity contribution in [1.82, 2.24) is 4.68 Å². The molecule has 0 aliphatic heterocycles. The SMILES string of the molecule is NC(=O)c1cccn1NC(=O)[C@@H]1CCC[C@H]1C(=O)O. The topological polar surface area (TPSA) is 114 Å². The van der Waals surface area contributed by atoms with Crippen molar-refractivity contribution in [2.45, 2.75) is 19.3 Å². The van der Waals surface area contributed by atoms with Gasteiger partial charge < -0.3 is 10.8 Å². The lowest BCUT2D eigenvalue weighted by molar-refractivity contribution is -0.145. The van der Waals surface area contributed by atoms with Crippen molar-refractivity contribution in [3.63, 3.8) is 0 Å². The van der Waals surface area contributed by atoms with Crippen molar-refractivity contribution < 1.29 is 19.5 Å². The molecule has 2 amide bonds. The summed E-state index contributed by atoms with van der Waals surface area (Å²) >= 11 is 0. The van der Waals surface area contributed by atoms with Gasteiger partial charge in [-0.25, -0.2) is 0 Å². The molecule has 0 unspecified atom stereocenters. The highest BCUT2D eigenvalue weighted by molar-refractivity contribution is 5.94. The monoisotopic (exact) mass is 265 g/mol. The van der Waals surface area contributed by atoms with Crippen molar-refractivity contribution in [3.05, 3.63) is 24.0 Å². The van der Waals surface area contributed by atoms with Gasteiger partial charge in [0.1, 0.15) is 5.69 Å². The Labute approximate surface area is 109 Å². The van der Waals surface area contributed by atoms with Gasteiger partial charge in [0.2, 0.25) is 5.91 Å². The predicted molar refractivity (Wildman–Crippen MR) is 65.8 cm³/mol. The molecule has 7 nitrogen and oxygen atoms in total. The van der Waals surface area contributed by atoms with Crippen molar-refractivity contribution in [2.75, 3.05) is 5.43 Å². The Kier molecular flexibility index (Phi) is 3.55. The van der Waals surface area contributed by atoms with Crippen molar-refractivity contribution in [3.8, 4) is 0 Å². The minimum atomic E-state index is -0.958. The Morgan fingerprint density at radius 3 is 2.63 bits per heavy atom. The van der Waals surface area contributed by atoms with Crippen LogP contribution in [0.25, 0.3) is 0 Å². The van der Waals surface area contributed by atoms with Crippen molar-refractivity contribution in [2.24, 2.45) is 17.6 Å². The number of carbonyl (C=O) groups excluding carboxylic acids is 2. The first-order chi connectivity index (χ1) is 9.00. The number of carbonyl (C=O) groups is 3. The number of aliphatic carboxylic acids is 1. The number of carboxylic acid groups (broad SMARTS) is 1. The van der Waals surface area contributed by atoms with E-state index in [1.165, 1.54) is 16.9 Å². The lowest BCUT2D eigenvalue weighted by Crippen LogP contribution is -2.35. The lowest BCUT2D eigenvalue weighted by Gasteiger charge is -2.17. The minimum Gasteiger partial charge on any atom is -0.481 e. The fraction of sp³-hybridized carbons (Fsp3) is 0.417. The van der Waals surface area contributed by atoms with Gasteiger partial charge in [-0.3, -0.25) is 24.5 Å². The van der Waals surface area contributed by atoms with Crippen LogP contribution in [0.2, 0.25) is 0 Å². The highest BCUT2D eigenvalue weighted by Crippen LogP contribution is 2.32. The maximum Gasteiger partial charge on any atom is 0.307 e. The van der Waals surface area contributed by atoms with Crippen LogP contribution in [0, 0.1) is 11.8 Å². The molecule has 1 aliphatic carbocycles. The molecule has 0 bridgehead atoms. The highest BCUT2D eigenvalue weighted by atomic mass is 16.4. The van der Waals surface area contributed by atoms with Crippen LogP contribution in [-0.4, -0.2) is 27.6 Å². The van der Waals surface area contributed by atoms with E-state index in [0.29, 0.717) is 19.3 Å². The fourth-order valence-electron chi connectivity index (χ4n) is 2.45. The van der Waals surface area contributed by atoms with Gasteiger partial charge in [0, 0.05) is 6.20 Å². The molecule has 1 saturated carbocycles. The summed E-state index contributed by atoms with van der Waals surface area (Å²) < 4.78 is 1.22. The van der Waals surface area contributed by atoms with Gasteiger partial charge in [-0.15, -0.1) is 0 Å². The summed E-state index contributed by atoms with van der Waals surface area (Å²) in [6, 6.07) is 3.05. The van der Waals surface area contributed by atoms with Crippen LogP contribution in [0.4, 0.5) is 0 Å². The quantitative estimate of drug-likeness (QED) is 0.719. The summed E-state index contributed by atoms with van der Waals surface area (Å²) in [5, 5.41) is 9.04. The summed E-state index contributed by atoms with van der Waals surface area (Å²) in [5.74, 6) is -3.25. The third kappa shape index (κ3) is 2.59. The molecule has 0 radical (unpaired) electrons. The summed E-state index contributed by atoms with van der Waals surface area (Å²) in [7, 11) is 0.